The van der Waals surface area contributed by atoms with Crippen LogP contribution in [-0.4, -0.2) is 24.7 Å². The maximum Gasteiger partial charge on any atom is 0.343 e. The summed E-state index contributed by atoms with van der Waals surface area (Å²) in [5, 5.41) is 0.840. The number of carbonyl (C=O) groups is 1. The number of methoxy groups -OCH3 is 1. The van der Waals surface area contributed by atoms with Crippen molar-refractivity contribution in [2.75, 3.05) is 13.7 Å². The van der Waals surface area contributed by atoms with Crippen LogP contribution in [0.3, 0.4) is 0 Å². The van der Waals surface area contributed by atoms with Gasteiger partial charge in [0.25, 0.3) is 0 Å². The first-order valence-electron chi connectivity index (χ1n) is 5.02. The third kappa shape index (κ3) is 2.63. The normalized spacial score (nSPS) is 10.2. The molecule has 5 nitrogen and oxygen atoms in total. The van der Waals surface area contributed by atoms with Crippen LogP contribution in [0.4, 0.5) is 0 Å². The second-order valence-electron chi connectivity index (χ2n) is 3.44. The maximum absolute atomic E-state index is 11.1. The van der Waals surface area contributed by atoms with E-state index in [0.717, 1.165) is 10.9 Å². The molecule has 17 heavy (non-hydrogen) atoms. The van der Waals surface area contributed by atoms with Crippen LogP contribution < -0.4 is 10.3 Å². The summed E-state index contributed by atoms with van der Waals surface area (Å²) < 4.78 is 9.69. The van der Waals surface area contributed by atoms with Gasteiger partial charge in [-0.2, -0.15) is 0 Å². The quantitative estimate of drug-likeness (QED) is 0.805. The lowest BCUT2D eigenvalue weighted by molar-refractivity contribution is -0.142. The summed E-state index contributed by atoms with van der Waals surface area (Å²) in [5.41, 5.74) is 0.573. The predicted molar refractivity (Wildman–Crippen MR) is 62.1 cm³/mol. The molecule has 2 rings (SSSR count). The Hall–Kier alpha value is -2.30. The van der Waals surface area contributed by atoms with Gasteiger partial charge in [0.15, 0.2) is 6.61 Å². The summed E-state index contributed by atoms with van der Waals surface area (Å²) >= 11 is 0. The van der Waals surface area contributed by atoms with Crippen molar-refractivity contribution in [2.45, 2.75) is 0 Å². The van der Waals surface area contributed by atoms with Crippen molar-refractivity contribution in [3.63, 3.8) is 0 Å². The third-order valence-corrected chi connectivity index (χ3v) is 2.28. The number of nitrogens with one attached hydrogen (secondary N) is 1. The second-order valence-corrected chi connectivity index (χ2v) is 3.44. The number of rotatable bonds is 3. The fourth-order valence-electron chi connectivity index (χ4n) is 1.42. The molecule has 5 heteroatoms. The number of H-pyrrole nitrogens is 1. The first-order chi connectivity index (χ1) is 8.19. The van der Waals surface area contributed by atoms with Crippen molar-refractivity contribution in [3.05, 3.63) is 40.7 Å². The summed E-state index contributed by atoms with van der Waals surface area (Å²) in [5.74, 6) is 0.113. The van der Waals surface area contributed by atoms with E-state index in [1.165, 1.54) is 13.2 Å². The summed E-state index contributed by atoms with van der Waals surface area (Å²) in [6.45, 7) is -0.134. The fraction of sp³-hybridized carbons (Fsp3) is 0.167. The molecule has 1 N–H and O–H groups in total. The predicted octanol–water partition coefficient (Wildman–Crippen LogP) is 1.08. The van der Waals surface area contributed by atoms with Crippen LogP contribution in [0.1, 0.15) is 0 Å². The minimum absolute atomic E-state index is 0.134. The van der Waals surface area contributed by atoms with E-state index in [9.17, 15) is 9.59 Å². The lowest BCUT2D eigenvalue weighted by Gasteiger charge is -2.05. The van der Waals surface area contributed by atoms with Gasteiger partial charge in [-0.05, 0) is 24.3 Å². The summed E-state index contributed by atoms with van der Waals surface area (Å²) in [6.07, 6.45) is 0. The van der Waals surface area contributed by atoms with E-state index in [1.54, 1.807) is 24.3 Å². The van der Waals surface area contributed by atoms with Gasteiger partial charge in [-0.15, -0.1) is 0 Å². The molecular weight excluding hydrogens is 222 g/mol. The first-order valence-corrected chi connectivity index (χ1v) is 5.02. The Kier molecular flexibility index (Phi) is 3.09. The van der Waals surface area contributed by atoms with Crippen LogP contribution in [0, 0.1) is 0 Å². The van der Waals surface area contributed by atoms with Crippen molar-refractivity contribution >= 4 is 16.9 Å². The highest BCUT2D eigenvalue weighted by Crippen LogP contribution is 2.17. The van der Waals surface area contributed by atoms with Crippen molar-refractivity contribution in [1.82, 2.24) is 4.98 Å². The molecule has 0 aliphatic rings. The molecule has 0 fully saturated rings. The van der Waals surface area contributed by atoms with Crippen LogP contribution in [0.2, 0.25) is 0 Å². The number of benzene rings is 1. The number of ether oxygens (including phenoxy) is 2. The molecule has 1 aromatic heterocycles. The molecule has 0 spiro atoms. The standard InChI is InChI=1S/C12H11NO4/c1-16-12(15)7-17-9-3-4-10-8(6-9)2-5-11(14)13-10/h2-6H,7H2,1H3,(H,13,14). The molecule has 88 valence electrons. The number of esters is 1. The van der Waals surface area contributed by atoms with Gasteiger partial charge in [0.05, 0.1) is 7.11 Å². The van der Waals surface area contributed by atoms with Gasteiger partial charge in [-0.1, -0.05) is 0 Å². The number of hydrogen-bond acceptors (Lipinski definition) is 4. The van der Waals surface area contributed by atoms with E-state index in [-0.39, 0.29) is 12.2 Å². The van der Waals surface area contributed by atoms with E-state index in [1.807, 2.05) is 0 Å². The zero-order chi connectivity index (χ0) is 12.3. The van der Waals surface area contributed by atoms with Gasteiger partial charge in [-0.3, -0.25) is 4.79 Å². The Morgan fingerprint density at radius 1 is 1.29 bits per heavy atom. The fourth-order valence-corrected chi connectivity index (χ4v) is 1.42. The molecule has 0 saturated carbocycles. The largest absolute Gasteiger partial charge is 0.482 e. The maximum atomic E-state index is 11.1. The highest BCUT2D eigenvalue weighted by molar-refractivity contribution is 5.80. The summed E-state index contributed by atoms with van der Waals surface area (Å²) in [7, 11) is 1.30. The van der Waals surface area contributed by atoms with E-state index < -0.39 is 5.97 Å². The molecule has 0 aliphatic heterocycles. The number of pyridine rings is 1. The number of fused-ring (bicyclic) bond motifs is 1. The monoisotopic (exact) mass is 233 g/mol. The Labute approximate surface area is 97.0 Å². The number of aromatic nitrogens is 1. The third-order valence-electron chi connectivity index (χ3n) is 2.28. The zero-order valence-corrected chi connectivity index (χ0v) is 9.23. The smallest absolute Gasteiger partial charge is 0.343 e. The van der Waals surface area contributed by atoms with Crippen LogP contribution >= 0.6 is 0 Å². The Balaban J connectivity index is 2.23. The lowest BCUT2D eigenvalue weighted by atomic mass is 10.2. The topological polar surface area (TPSA) is 68.4 Å². The van der Waals surface area contributed by atoms with Gasteiger partial charge in [-0.25, -0.2) is 4.79 Å². The van der Waals surface area contributed by atoms with Crippen molar-refractivity contribution in [2.24, 2.45) is 0 Å². The molecule has 0 radical (unpaired) electrons. The van der Waals surface area contributed by atoms with Crippen LogP contribution in [0.15, 0.2) is 35.1 Å². The first kappa shape index (κ1) is 11.2. The van der Waals surface area contributed by atoms with Gasteiger partial charge in [0.2, 0.25) is 5.56 Å². The van der Waals surface area contributed by atoms with Gasteiger partial charge in [0, 0.05) is 17.0 Å². The Morgan fingerprint density at radius 2 is 2.12 bits per heavy atom. The molecule has 0 aliphatic carbocycles. The average molecular weight is 233 g/mol. The van der Waals surface area contributed by atoms with Gasteiger partial charge >= 0.3 is 5.97 Å². The van der Waals surface area contributed by atoms with Crippen molar-refractivity contribution in [3.8, 4) is 5.75 Å². The molecule has 0 bridgehead atoms. The van der Waals surface area contributed by atoms with Crippen LogP contribution in [0.25, 0.3) is 10.9 Å². The highest BCUT2D eigenvalue weighted by atomic mass is 16.6. The van der Waals surface area contributed by atoms with Crippen LogP contribution in [0.5, 0.6) is 5.75 Å². The minimum Gasteiger partial charge on any atom is -0.482 e. The number of carbonyl (C=O) groups excluding carboxylic acids is 1. The molecule has 0 saturated heterocycles. The summed E-state index contributed by atoms with van der Waals surface area (Å²) in [6, 6.07) is 8.28. The van der Waals surface area contributed by atoms with Crippen molar-refractivity contribution < 1.29 is 14.3 Å². The van der Waals surface area contributed by atoms with Crippen LogP contribution in [-0.2, 0) is 9.53 Å². The van der Waals surface area contributed by atoms with Gasteiger partial charge < -0.3 is 14.5 Å². The molecule has 0 atom stereocenters. The molecular formula is C12H11NO4. The summed E-state index contributed by atoms with van der Waals surface area (Å²) in [4.78, 5) is 24.7. The Bertz CT molecular complexity index is 603. The second kappa shape index (κ2) is 4.69. The van der Waals surface area contributed by atoms with E-state index >= 15 is 0 Å². The van der Waals surface area contributed by atoms with E-state index in [4.69, 9.17) is 4.74 Å². The van der Waals surface area contributed by atoms with E-state index in [2.05, 4.69) is 9.72 Å². The lowest BCUT2D eigenvalue weighted by Crippen LogP contribution is -2.12. The Morgan fingerprint density at radius 3 is 2.88 bits per heavy atom. The molecule has 2 aromatic rings. The van der Waals surface area contributed by atoms with Crippen molar-refractivity contribution in [1.29, 1.82) is 0 Å². The highest BCUT2D eigenvalue weighted by Gasteiger charge is 2.02. The molecule has 0 unspecified atom stereocenters. The SMILES string of the molecule is COC(=O)COc1ccc2[nH]c(=O)ccc2c1. The zero-order valence-electron chi connectivity index (χ0n) is 9.23. The molecule has 0 amide bonds. The molecule has 1 aromatic carbocycles. The van der Waals surface area contributed by atoms with E-state index in [0.29, 0.717) is 5.75 Å². The number of aromatic amines is 1. The van der Waals surface area contributed by atoms with Gasteiger partial charge in [0.1, 0.15) is 5.75 Å². The minimum atomic E-state index is -0.438. The number of hydrogen-bond donors (Lipinski definition) is 1. The average Bonchev–Trinajstić information content (AvgIpc) is 2.35. The molecule has 1 heterocycles.